The number of hydrogen-bond acceptors (Lipinski definition) is 13. The number of aliphatic hydroxyl groups excluding tert-OH is 1. The van der Waals surface area contributed by atoms with Gasteiger partial charge in [-0.25, -0.2) is 0 Å². The molecule has 3 aliphatic heterocycles. The highest BCUT2D eigenvalue weighted by atomic mass is 16.7. The average Bonchev–Trinajstić information content (AvgIpc) is 3.17. The Hall–Kier alpha value is -1.78. The van der Waals surface area contributed by atoms with Gasteiger partial charge < -0.3 is 52.6 Å². The van der Waals surface area contributed by atoms with Crippen LogP contribution in [-0.4, -0.2) is 139 Å². The molecule has 0 amide bonds. The lowest BCUT2D eigenvalue weighted by Crippen LogP contribution is -2.56. The van der Waals surface area contributed by atoms with Crippen LogP contribution in [0.4, 0.5) is 0 Å². The van der Waals surface area contributed by atoms with Crippen LogP contribution in [-0.2, 0) is 52.2 Å². The Balaban J connectivity index is 2.02. The van der Waals surface area contributed by atoms with Gasteiger partial charge in [0.25, 0.3) is 0 Å². The Morgan fingerprint density at radius 1 is 0.825 bits per heavy atom. The number of ketones is 1. The van der Waals surface area contributed by atoms with Crippen LogP contribution in [0, 0.1) is 41.4 Å². The summed E-state index contributed by atoms with van der Waals surface area (Å²) in [5.41, 5.74) is 0.808. The molecule has 13 heteroatoms. The van der Waals surface area contributed by atoms with Crippen molar-refractivity contribution in [3.63, 3.8) is 0 Å². The Morgan fingerprint density at radius 3 is 2.02 bits per heavy atom. The van der Waals surface area contributed by atoms with Crippen molar-refractivity contribution in [3.05, 3.63) is 23.8 Å². The van der Waals surface area contributed by atoms with E-state index in [1.807, 2.05) is 40.7 Å². The van der Waals surface area contributed by atoms with E-state index in [0.717, 1.165) is 5.57 Å². The number of methoxy groups -OCH3 is 4. The van der Waals surface area contributed by atoms with Crippen LogP contribution in [0.1, 0.15) is 88.0 Å². The van der Waals surface area contributed by atoms with Crippen molar-refractivity contribution in [2.75, 3.05) is 49.1 Å². The van der Waals surface area contributed by atoms with E-state index in [4.69, 9.17) is 42.6 Å². The summed E-state index contributed by atoms with van der Waals surface area (Å²) in [5, 5.41) is 11.9. The summed E-state index contributed by atoms with van der Waals surface area (Å²) in [5.74, 6) is -1.97. The lowest BCUT2D eigenvalue weighted by molar-refractivity contribution is -0.292. The minimum absolute atomic E-state index is 0.0199. The first-order chi connectivity index (χ1) is 26.9. The lowest BCUT2D eigenvalue weighted by Gasteiger charge is -2.48. The van der Waals surface area contributed by atoms with Crippen molar-refractivity contribution in [1.82, 2.24) is 4.90 Å². The maximum Gasteiger partial charge on any atom is 0.308 e. The van der Waals surface area contributed by atoms with E-state index in [1.165, 1.54) is 0 Å². The first kappa shape index (κ1) is 49.6. The number of carbonyl (C=O) groups excluding carboxylic acids is 2. The molecular formula is C44H77NO12. The second kappa shape index (κ2) is 23.3. The zero-order valence-electron chi connectivity index (χ0n) is 37.5. The molecule has 0 spiro atoms. The minimum Gasteiger partial charge on any atom is -0.462 e. The second-order valence-corrected chi connectivity index (χ2v) is 17.2. The van der Waals surface area contributed by atoms with E-state index in [0.29, 0.717) is 19.3 Å². The zero-order chi connectivity index (χ0) is 42.7. The largest absolute Gasteiger partial charge is 0.462 e. The molecule has 1 N–H and O–H groups in total. The normalized spacial score (nSPS) is 42.1. The van der Waals surface area contributed by atoms with E-state index < -0.39 is 67.0 Å². The molecule has 0 aliphatic carbocycles. The van der Waals surface area contributed by atoms with Gasteiger partial charge in [-0.2, -0.15) is 0 Å². The third-order valence-electron chi connectivity index (χ3n) is 13.0. The molecule has 2 fully saturated rings. The maximum absolute atomic E-state index is 13.8. The number of nitrogens with zero attached hydrogens (tertiary/aromatic N) is 1. The molecule has 0 saturated carbocycles. The Kier molecular flexibility index (Phi) is 20.3. The van der Waals surface area contributed by atoms with Crippen LogP contribution in [0.15, 0.2) is 23.8 Å². The Labute approximate surface area is 343 Å². The van der Waals surface area contributed by atoms with Crippen LogP contribution in [0.3, 0.4) is 0 Å². The summed E-state index contributed by atoms with van der Waals surface area (Å²) < 4.78 is 55.3. The molecule has 3 heterocycles. The predicted octanol–water partition coefficient (Wildman–Crippen LogP) is 5.81. The second-order valence-electron chi connectivity index (χ2n) is 17.2. The van der Waals surface area contributed by atoms with Gasteiger partial charge in [-0.15, -0.1) is 0 Å². The predicted molar refractivity (Wildman–Crippen MR) is 217 cm³/mol. The molecule has 0 bridgehead atoms. The standard InChI is InChI=1S/C44H77NO12/c1-16-36-33(23-53-44-42(52-15)41(51-14)27(5)31(9)55-44)19-24(2)17-18-34(46)25(3)20-32(21-38(49-12)50-13)40(28(6)35(47)22-37(48)56-36)57-43-29(7)39(45(10)11)26(4)30(8)54-43/h17-19,25-33,35-36,38-44,47H,16,20-23H2,1-15H3/b18-17+,24-19+/t25-,26-,27-,28+,29-,30-,31-,32-,33-,35-,36-,39+,40-,41-,42-,43+,44-/m1/s1. The van der Waals surface area contributed by atoms with Gasteiger partial charge in [-0.1, -0.05) is 59.3 Å². The summed E-state index contributed by atoms with van der Waals surface area (Å²) in [7, 11) is 10.6. The number of hydrogen-bond donors (Lipinski definition) is 1. The highest BCUT2D eigenvalue weighted by molar-refractivity contribution is 5.91. The molecule has 3 rings (SSSR count). The number of carbonyl (C=O) groups is 2. The van der Waals surface area contributed by atoms with Crippen LogP contribution in [0.25, 0.3) is 0 Å². The monoisotopic (exact) mass is 812 g/mol. The van der Waals surface area contributed by atoms with Crippen molar-refractivity contribution in [2.45, 2.75) is 156 Å². The van der Waals surface area contributed by atoms with Gasteiger partial charge in [-0.05, 0) is 65.6 Å². The summed E-state index contributed by atoms with van der Waals surface area (Å²) in [6.45, 7) is 18.2. The van der Waals surface area contributed by atoms with Crippen molar-refractivity contribution in [2.24, 2.45) is 41.4 Å². The third kappa shape index (κ3) is 13.1. The highest BCUT2D eigenvalue weighted by Crippen LogP contribution is 2.39. The summed E-state index contributed by atoms with van der Waals surface area (Å²) in [6, 6.07) is 0.174. The number of aliphatic hydroxyl groups is 1. The van der Waals surface area contributed by atoms with Gasteiger partial charge in [0.05, 0.1) is 43.5 Å². The van der Waals surface area contributed by atoms with Gasteiger partial charge >= 0.3 is 5.97 Å². The molecule has 13 nitrogen and oxygen atoms in total. The van der Waals surface area contributed by atoms with Crippen LogP contribution in [0.2, 0.25) is 0 Å². The Bertz CT molecular complexity index is 1290. The summed E-state index contributed by atoms with van der Waals surface area (Å²) in [6.07, 6.45) is 1.17. The van der Waals surface area contributed by atoms with E-state index in [9.17, 15) is 14.7 Å². The summed E-state index contributed by atoms with van der Waals surface area (Å²) in [4.78, 5) is 29.9. The molecule has 17 atom stereocenters. The molecule has 57 heavy (non-hydrogen) atoms. The first-order valence-electron chi connectivity index (χ1n) is 21.1. The molecule has 0 radical (unpaired) electrons. The molecule has 330 valence electrons. The minimum atomic E-state index is -1.13. The quantitative estimate of drug-likeness (QED) is 0.177. The van der Waals surface area contributed by atoms with E-state index >= 15 is 0 Å². The molecular weight excluding hydrogens is 734 g/mol. The molecule has 0 aromatic heterocycles. The topological polar surface area (TPSA) is 141 Å². The van der Waals surface area contributed by atoms with Crippen LogP contribution >= 0.6 is 0 Å². The van der Waals surface area contributed by atoms with Gasteiger partial charge in [0, 0.05) is 70.5 Å². The average molecular weight is 812 g/mol. The molecule has 3 aliphatic rings. The summed E-state index contributed by atoms with van der Waals surface area (Å²) >= 11 is 0. The number of allylic oxidation sites excluding steroid dienone is 3. The fourth-order valence-corrected chi connectivity index (χ4v) is 9.13. The third-order valence-corrected chi connectivity index (χ3v) is 13.0. The first-order valence-corrected chi connectivity index (χ1v) is 21.1. The van der Waals surface area contributed by atoms with Gasteiger partial charge in [0.2, 0.25) is 0 Å². The number of cyclic esters (lactones) is 1. The van der Waals surface area contributed by atoms with Gasteiger partial charge in [0.15, 0.2) is 24.7 Å². The fourth-order valence-electron chi connectivity index (χ4n) is 9.13. The maximum atomic E-state index is 13.8. The smallest absolute Gasteiger partial charge is 0.308 e. The number of rotatable bonds is 13. The zero-order valence-corrected chi connectivity index (χ0v) is 37.5. The SMILES string of the molecule is CC[C@H]1OC(=O)C[C@@H](O)[C@H](C)[C@@H](O[C@@H]2O[C@H](C)[C@@H](C)[C@H](N(C)C)[C@H]2C)[C@@H](CC(OC)OC)C[C@@H](C)C(=O)/C=C/C(C)=C/[C@@H]1CO[C@@H]1O[C@H](C)[C@@H](C)[C@@H](OC)[C@H]1OC. The van der Waals surface area contributed by atoms with Crippen LogP contribution < -0.4 is 0 Å². The molecule has 0 aromatic carbocycles. The van der Waals surface area contributed by atoms with E-state index in [2.05, 4.69) is 46.7 Å². The van der Waals surface area contributed by atoms with Crippen molar-refractivity contribution in [3.8, 4) is 0 Å². The number of ether oxygens (including phenoxy) is 9. The van der Waals surface area contributed by atoms with Crippen LogP contribution in [0.5, 0.6) is 0 Å². The van der Waals surface area contributed by atoms with Crippen molar-refractivity contribution >= 4 is 11.8 Å². The van der Waals surface area contributed by atoms with E-state index in [-0.39, 0.29) is 66.8 Å². The fraction of sp³-hybridized carbons (Fsp3) is 0.864. The lowest BCUT2D eigenvalue weighted by atomic mass is 9.79. The Morgan fingerprint density at radius 2 is 1.44 bits per heavy atom. The molecule has 0 aromatic rings. The number of esters is 1. The van der Waals surface area contributed by atoms with Crippen molar-refractivity contribution < 1.29 is 57.3 Å². The highest BCUT2D eigenvalue weighted by Gasteiger charge is 2.46. The van der Waals surface area contributed by atoms with E-state index in [1.54, 1.807) is 40.6 Å². The van der Waals surface area contributed by atoms with Gasteiger partial charge in [-0.3, -0.25) is 9.59 Å². The van der Waals surface area contributed by atoms with Gasteiger partial charge in [0.1, 0.15) is 12.2 Å². The molecule has 2 saturated heterocycles. The van der Waals surface area contributed by atoms with Crippen molar-refractivity contribution in [1.29, 1.82) is 0 Å². The molecule has 0 unspecified atom stereocenters.